The molecule has 8 heteroatoms. The van der Waals surface area contributed by atoms with Gasteiger partial charge in [-0.25, -0.2) is 8.42 Å². The Labute approximate surface area is 122 Å². The summed E-state index contributed by atoms with van der Waals surface area (Å²) in [6.07, 6.45) is 0. The molecule has 1 unspecified atom stereocenters. The Bertz CT molecular complexity index is 588. The zero-order valence-corrected chi connectivity index (χ0v) is 13.1. The monoisotopic (exact) mass is 318 g/mol. The van der Waals surface area contributed by atoms with E-state index in [1.165, 1.54) is 15.6 Å². The fourth-order valence-electron chi connectivity index (χ4n) is 2.17. The minimum Gasteiger partial charge on any atom is -0.480 e. The molecule has 6 nitrogen and oxygen atoms in total. The smallest absolute Gasteiger partial charge is 0.320 e. The zero-order chi connectivity index (χ0) is 14.9. The van der Waals surface area contributed by atoms with E-state index in [0.29, 0.717) is 30.4 Å². The maximum Gasteiger partial charge on any atom is 0.320 e. The van der Waals surface area contributed by atoms with Crippen molar-refractivity contribution in [3.63, 3.8) is 0 Å². The van der Waals surface area contributed by atoms with Crippen LogP contribution in [0.5, 0.6) is 0 Å². The van der Waals surface area contributed by atoms with Crippen LogP contribution in [0.4, 0.5) is 0 Å². The molecule has 20 heavy (non-hydrogen) atoms. The molecule has 0 bridgehead atoms. The molecule has 0 aliphatic carbocycles. The Morgan fingerprint density at radius 1 is 1.30 bits per heavy atom. The first-order valence-electron chi connectivity index (χ1n) is 6.36. The summed E-state index contributed by atoms with van der Waals surface area (Å²) < 4.78 is 26.6. The number of carboxylic acids is 1. The molecular weight excluding hydrogens is 300 g/mol. The van der Waals surface area contributed by atoms with Gasteiger partial charge in [0, 0.05) is 31.1 Å². The van der Waals surface area contributed by atoms with Crippen LogP contribution in [0.1, 0.15) is 11.8 Å². The van der Waals surface area contributed by atoms with Crippen LogP contribution in [0, 0.1) is 6.92 Å². The molecule has 1 aliphatic heterocycles. The summed E-state index contributed by atoms with van der Waals surface area (Å²) in [7, 11) is -3.43. The van der Waals surface area contributed by atoms with Crippen molar-refractivity contribution >= 4 is 27.3 Å². The quantitative estimate of drug-likeness (QED) is 0.890. The Balaban J connectivity index is 2.05. The SMILES string of the molecule is Cc1ccc(S(=O)(=O)N2CCN(C(C)C(=O)O)CC2)s1. The average molecular weight is 318 g/mol. The van der Waals surface area contributed by atoms with Crippen molar-refractivity contribution in [1.82, 2.24) is 9.21 Å². The van der Waals surface area contributed by atoms with Crippen LogP contribution in [-0.4, -0.2) is 60.9 Å². The number of nitrogens with zero attached hydrogens (tertiary/aromatic N) is 2. The molecule has 2 heterocycles. The third-order valence-corrected chi connectivity index (χ3v) is 6.85. The first-order chi connectivity index (χ1) is 9.32. The average Bonchev–Trinajstić information content (AvgIpc) is 2.85. The van der Waals surface area contributed by atoms with Crippen molar-refractivity contribution < 1.29 is 18.3 Å². The van der Waals surface area contributed by atoms with Gasteiger partial charge in [-0.15, -0.1) is 11.3 Å². The predicted octanol–water partition coefficient (Wildman–Crippen LogP) is 0.836. The van der Waals surface area contributed by atoms with Crippen LogP contribution in [0.2, 0.25) is 0 Å². The molecule has 1 fully saturated rings. The fourth-order valence-corrected chi connectivity index (χ4v) is 5.03. The van der Waals surface area contributed by atoms with E-state index in [-0.39, 0.29) is 0 Å². The summed E-state index contributed by atoms with van der Waals surface area (Å²) in [5, 5.41) is 8.97. The Kier molecular flexibility index (Phi) is 4.48. The predicted molar refractivity (Wildman–Crippen MR) is 76.5 cm³/mol. The van der Waals surface area contributed by atoms with E-state index in [1.54, 1.807) is 24.0 Å². The molecule has 2 rings (SSSR count). The van der Waals surface area contributed by atoms with E-state index in [0.717, 1.165) is 4.88 Å². The van der Waals surface area contributed by atoms with Gasteiger partial charge in [-0.2, -0.15) is 4.31 Å². The molecular formula is C12H18N2O4S2. The largest absolute Gasteiger partial charge is 0.480 e. The van der Waals surface area contributed by atoms with Crippen LogP contribution in [-0.2, 0) is 14.8 Å². The van der Waals surface area contributed by atoms with Gasteiger partial charge in [0.25, 0.3) is 10.0 Å². The molecule has 0 saturated carbocycles. The van der Waals surface area contributed by atoms with Gasteiger partial charge in [0.2, 0.25) is 0 Å². The molecule has 1 aromatic rings. The van der Waals surface area contributed by atoms with Gasteiger partial charge in [-0.1, -0.05) is 0 Å². The molecule has 0 spiro atoms. The molecule has 1 N–H and O–H groups in total. The molecule has 1 atom stereocenters. The summed E-state index contributed by atoms with van der Waals surface area (Å²) in [5.41, 5.74) is 0. The highest BCUT2D eigenvalue weighted by Crippen LogP contribution is 2.25. The van der Waals surface area contributed by atoms with E-state index in [1.807, 2.05) is 6.92 Å². The lowest BCUT2D eigenvalue weighted by Crippen LogP contribution is -2.52. The highest BCUT2D eigenvalue weighted by molar-refractivity contribution is 7.91. The van der Waals surface area contributed by atoms with E-state index in [4.69, 9.17) is 5.11 Å². The molecule has 112 valence electrons. The standard InChI is InChI=1S/C12H18N2O4S2/c1-9-3-4-11(19-9)20(17,18)14-7-5-13(6-8-14)10(2)12(15)16/h3-4,10H,5-8H2,1-2H3,(H,15,16). The fraction of sp³-hybridized carbons (Fsp3) is 0.583. The summed E-state index contributed by atoms with van der Waals surface area (Å²) in [6.45, 7) is 5.03. The van der Waals surface area contributed by atoms with E-state index in [9.17, 15) is 13.2 Å². The van der Waals surface area contributed by atoms with Crippen molar-refractivity contribution in [3.05, 3.63) is 17.0 Å². The van der Waals surface area contributed by atoms with Gasteiger partial charge in [0.15, 0.2) is 0 Å². The van der Waals surface area contributed by atoms with Crippen LogP contribution in [0.3, 0.4) is 0 Å². The third-order valence-electron chi connectivity index (χ3n) is 3.49. The Morgan fingerprint density at radius 3 is 2.35 bits per heavy atom. The number of hydrogen-bond donors (Lipinski definition) is 1. The maximum atomic E-state index is 12.4. The summed E-state index contributed by atoms with van der Waals surface area (Å²) in [6, 6.07) is 2.84. The summed E-state index contributed by atoms with van der Waals surface area (Å²) >= 11 is 1.26. The van der Waals surface area contributed by atoms with Crippen LogP contribution >= 0.6 is 11.3 Å². The topological polar surface area (TPSA) is 77.9 Å². The number of aryl methyl sites for hydroxylation is 1. The van der Waals surface area contributed by atoms with Crippen molar-refractivity contribution in [3.8, 4) is 0 Å². The number of thiophene rings is 1. The number of piperazine rings is 1. The van der Waals surface area contributed by atoms with E-state index < -0.39 is 22.0 Å². The molecule has 1 aromatic heterocycles. The van der Waals surface area contributed by atoms with E-state index in [2.05, 4.69) is 0 Å². The van der Waals surface area contributed by atoms with Gasteiger partial charge in [0.05, 0.1) is 0 Å². The van der Waals surface area contributed by atoms with Crippen LogP contribution in [0.25, 0.3) is 0 Å². The normalized spacial score (nSPS) is 19.9. The zero-order valence-electron chi connectivity index (χ0n) is 11.4. The van der Waals surface area contributed by atoms with Crippen molar-refractivity contribution in [2.24, 2.45) is 0 Å². The van der Waals surface area contributed by atoms with Gasteiger partial charge in [0.1, 0.15) is 10.3 Å². The lowest BCUT2D eigenvalue weighted by molar-refractivity contribution is -0.143. The number of carboxylic acid groups (broad SMARTS) is 1. The molecule has 0 aromatic carbocycles. The summed E-state index contributed by atoms with van der Waals surface area (Å²) in [5.74, 6) is -0.879. The Morgan fingerprint density at radius 2 is 1.90 bits per heavy atom. The second-order valence-electron chi connectivity index (χ2n) is 4.82. The lowest BCUT2D eigenvalue weighted by Gasteiger charge is -2.35. The van der Waals surface area contributed by atoms with Gasteiger partial charge in [-0.3, -0.25) is 9.69 Å². The minimum atomic E-state index is -3.43. The second kappa shape index (κ2) is 5.80. The molecule has 1 saturated heterocycles. The first kappa shape index (κ1) is 15.4. The van der Waals surface area contributed by atoms with Crippen molar-refractivity contribution in [1.29, 1.82) is 0 Å². The van der Waals surface area contributed by atoms with Gasteiger partial charge in [-0.05, 0) is 26.0 Å². The number of carbonyl (C=O) groups is 1. The number of hydrogen-bond acceptors (Lipinski definition) is 5. The van der Waals surface area contributed by atoms with Gasteiger partial charge >= 0.3 is 5.97 Å². The number of sulfonamides is 1. The lowest BCUT2D eigenvalue weighted by atomic mass is 10.2. The number of aliphatic carboxylic acids is 1. The highest BCUT2D eigenvalue weighted by Gasteiger charge is 2.32. The van der Waals surface area contributed by atoms with Crippen LogP contribution in [0.15, 0.2) is 16.3 Å². The minimum absolute atomic E-state index is 0.330. The van der Waals surface area contributed by atoms with Crippen molar-refractivity contribution in [2.75, 3.05) is 26.2 Å². The molecule has 0 amide bonds. The second-order valence-corrected chi connectivity index (χ2v) is 8.27. The highest BCUT2D eigenvalue weighted by atomic mass is 32.2. The molecule has 0 radical (unpaired) electrons. The van der Waals surface area contributed by atoms with Crippen LogP contribution < -0.4 is 0 Å². The summed E-state index contributed by atoms with van der Waals surface area (Å²) in [4.78, 5) is 13.7. The molecule has 1 aliphatic rings. The Hall–Kier alpha value is -0.960. The van der Waals surface area contributed by atoms with E-state index >= 15 is 0 Å². The van der Waals surface area contributed by atoms with Gasteiger partial charge < -0.3 is 5.11 Å². The number of rotatable bonds is 4. The van der Waals surface area contributed by atoms with Crippen molar-refractivity contribution in [2.45, 2.75) is 24.1 Å². The third kappa shape index (κ3) is 3.03. The first-order valence-corrected chi connectivity index (χ1v) is 8.61. The maximum absolute atomic E-state index is 12.4.